The molecule has 0 saturated heterocycles. The number of nitrogens with two attached hydrogens (primary N) is 1. The number of anilines is 3. The maximum Gasteiger partial charge on any atom is 0.319 e. The summed E-state index contributed by atoms with van der Waals surface area (Å²) < 4.78 is 0. The monoisotopic (exact) mass is 353 g/mol. The number of urea groups is 1. The molecule has 2 aromatic rings. The number of rotatable bonds is 3. The molecule has 3 amide bonds. The quantitative estimate of drug-likeness (QED) is 0.546. The minimum Gasteiger partial charge on any atom is -0.397 e. The van der Waals surface area contributed by atoms with Gasteiger partial charge in [0.2, 0.25) is 0 Å². The number of aryl methyl sites for hydroxylation is 1. The molecule has 0 aliphatic carbocycles. The Balaban J connectivity index is 1.90. The average Bonchev–Trinajstić information content (AvgIpc) is 2.98. The molecule has 0 atom stereocenters. The van der Waals surface area contributed by atoms with Crippen LogP contribution in [0.15, 0.2) is 18.2 Å². The Kier molecular flexibility index (Phi) is 4.46. The first-order chi connectivity index (χ1) is 12.3. The Morgan fingerprint density at radius 3 is 2.62 bits per heavy atom. The van der Waals surface area contributed by atoms with Crippen LogP contribution in [-0.2, 0) is 4.79 Å². The van der Waals surface area contributed by atoms with Gasteiger partial charge in [0.1, 0.15) is 0 Å². The SMILES string of the molecule is Cc1[nH]c(/C=C2\C(=O)Nc3cc(NC(=O)NC(C)C)ccc32)c(C)c1N. The van der Waals surface area contributed by atoms with E-state index in [1.54, 1.807) is 18.2 Å². The number of H-pyrrole nitrogens is 1. The summed E-state index contributed by atoms with van der Waals surface area (Å²) in [7, 11) is 0. The van der Waals surface area contributed by atoms with E-state index in [9.17, 15) is 9.59 Å². The molecule has 7 heteroatoms. The second kappa shape index (κ2) is 6.59. The van der Waals surface area contributed by atoms with Crippen LogP contribution in [0.1, 0.15) is 36.4 Å². The lowest BCUT2D eigenvalue weighted by Crippen LogP contribution is -2.34. The second-order valence-corrected chi connectivity index (χ2v) is 6.73. The van der Waals surface area contributed by atoms with Crippen LogP contribution < -0.4 is 21.7 Å². The van der Waals surface area contributed by atoms with Gasteiger partial charge < -0.3 is 26.7 Å². The van der Waals surface area contributed by atoms with Crippen molar-refractivity contribution >= 4 is 40.6 Å². The largest absolute Gasteiger partial charge is 0.397 e. The normalized spacial score (nSPS) is 14.5. The molecule has 0 fully saturated rings. The molecule has 7 nitrogen and oxygen atoms in total. The Bertz CT molecular complexity index is 924. The minimum atomic E-state index is -0.284. The molecule has 0 spiro atoms. The van der Waals surface area contributed by atoms with Crippen molar-refractivity contribution < 1.29 is 9.59 Å². The third-order valence-electron chi connectivity index (χ3n) is 4.30. The minimum absolute atomic E-state index is 0.0404. The zero-order chi connectivity index (χ0) is 19.0. The summed E-state index contributed by atoms with van der Waals surface area (Å²) in [6.45, 7) is 7.58. The maximum absolute atomic E-state index is 12.4. The topological polar surface area (TPSA) is 112 Å². The number of aromatic nitrogens is 1. The number of hydrogen-bond donors (Lipinski definition) is 5. The summed E-state index contributed by atoms with van der Waals surface area (Å²) in [5.74, 6) is -0.186. The van der Waals surface area contributed by atoms with E-state index in [2.05, 4.69) is 20.9 Å². The van der Waals surface area contributed by atoms with E-state index in [0.29, 0.717) is 22.6 Å². The van der Waals surface area contributed by atoms with Crippen LogP contribution in [0.4, 0.5) is 21.9 Å². The first kappa shape index (κ1) is 17.6. The zero-order valence-electron chi connectivity index (χ0n) is 15.3. The highest BCUT2D eigenvalue weighted by molar-refractivity contribution is 6.35. The van der Waals surface area contributed by atoms with Crippen molar-refractivity contribution in [1.29, 1.82) is 0 Å². The summed E-state index contributed by atoms with van der Waals surface area (Å²) in [4.78, 5) is 27.4. The number of benzene rings is 1. The molecule has 1 aliphatic rings. The van der Waals surface area contributed by atoms with Gasteiger partial charge in [-0.25, -0.2) is 4.79 Å². The molecule has 136 valence electrons. The fourth-order valence-electron chi connectivity index (χ4n) is 2.92. The Hall–Kier alpha value is -3.22. The lowest BCUT2D eigenvalue weighted by Gasteiger charge is -2.10. The lowest BCUT2D eigenvalue weighted by atomic mass is 10.0. The highest BCUT2D eigenvalue weighted by Gasteiger charge is 2.25. The molecule has 1 aliphatic heterocycles. The molecule has 6 N–H and O–H groups in total. The van der Waals surface area contributed by atoms with E-state index >= 15 is 0 Å². The van der Waals surface area contributed by atoms with Gasteiger partial charge in [0.15, 0.2) is 0 Å². The van der Waals surface area contributed by atoms with Crippen molar-refractivity contribution in [2.45, 2.75) is 33.7 Å². The van der Waals surface area contributed by atoms with Crippen LogP contribution in [0.2, 0.25) is 0 Å². The lowest BCUT2D eigenvalue weighted by molar-refractivity contribution is -0.110. The molecule has 0 radical (unpaired) electrons. The van der Waals surface area contributed by atoms with Crippen molar-refractivity contribution in [2.75, 3.05) is 16.4 Å². The highest BCUT2D eigenvalue weighted by Crippen LogP contribution is 2.36. The van der Waals surface area contributed by atoms with Gasteiger partial charge in [-0.1, -0.05) is 6.07 Å². The first-order valence-corrected chi connectivity index (χ1v) is 8.46. The van der Waals surface area contributed by atoms with Gasteiger partial charge in [-0.05, 0) is 51.5 Å². The third-order valence-corrected chi connectivity index (χ3v) is 4.30. The number of hydrogen-bond acceptors (Lipinski definition) is 3. The number of carbonyl (C=O) groups excluding carboxylic acids is 2. The van der Waals surface area contributed by atoms with Crippen LogP contribution in [0.3, 0.4) is 0 Å². The molecule has 1 aromatic carbocycles. The van der Waals surface area contributed by atoms with Crippen molar-refractivity contribution in [3.8, 4) is 0 Å². The van der Waals surface area contributed by atoms with Gasteiger partial charge in [0.25, 0.3) is 5.91 Å². The molecule has 0 saturated carbocycles. The molecule has 3 rings (SSSR count). The Morgan fingerprint density at radius 1 is 1.27 bits per heavy atom. The Morgan fingerprint density at radius 2 is 2.00 bits per heavy atom. The van der Waals surface area contributed by atoms with E-state index in [4.69, 9.17) is 5.73 Å². The van der Waals surface area contributed by atoms with E-state index < -0.39 is 0 Å². The number of nitrogens with one attached hydrogen (secondary N) is 4. The fourth-order valence-corrected chi connectivity index (χ4v) is 2.92. The summed E-state index contributed by atoms with van der Waals surface area (Å²) in [5.41, 5.74) is 11.9. The van der Waals surface area contributed by atoms with Gasteiger partial charge in [-0.15, -0.1) is 0 Å². The number of amides is 3. The summed E-state index contributed by atoms with van der Waals surface area (Å²) in [6, 6.07) is 5.09. The Labute approximate surface area is 152 Å². The standard InChI is InChI=1S/C19H23N5O2/c1-9(2)21-19(26)23-12-5-6-13-14(18(25)24-16(13)7-12)8-15-10(3)17(20)11(4)22-15/h5-9,22H,20H2,1-4H3,(H,24,25)(H2,21,23,26)/b14-8-. The third kappa shape index (κ3) is 3.28. The van der Waals surface area contributed by atoms with Gasteiger partial charge >= 0.3 is 6.03 Å². The molecule has 2 heterocycles. The van der Waals surface area contributed by atoms with Gasteiger partial charge in [0, 0.05) is 28.7 Å². The van der Waals surface area contributed by atoms with E-state index in [-0.39, 0.29) is 18.0 Å². The van der Waals surface area contributed by atoms with Crippen LogP contribution in [0.5, 0.6) is 0 Å². The maximum atomic E-state index is 12.4. The molecule has 0 bridgehead atoms. The van der Waals surface area contributed by atoms with Crippen molar-refractivity contribution in [3.63, 3.8) is 0 Å². The van der Waals surface area contributed by atoms with Crippen LogP contribution in [0, 0.1) is 13.8 Å². The second-order valence-electron chi connectivity index (χ2n) is 6.73. The summed E-state index contributed by atoms with van der Waals surface area (Å²) in [5, 5.41) is 8.36. The molecular weight excluding hydrogens is 330 g/mol. The molecular formula is C19H23N5O2. The average molecular weight is 353 g/mol. The molecule has 1 aromatic heterocycles. The van der Waals surface area contributed by atoms with Crippen molar-refractivity contribution in [3.05, 3.63) is 40.7 Å². The van der Waals surface area contributed by atoms with Crippen molar-refractivity contribution in [2.24, 2.45) is 0 Å². The number of nitrogen functional groups attached to an aromatic ring is 1. The van der Waals surface area contributed by atoms with Gasteiger partial charge in [-0.2, -0.15) is 0 Å². The highest BCUT2D eigenvalue weighted by atomic mass is 16.2. The van der Waals surface area contributed by atoms with Crippen LogP contribution in [-0.4, -0.2) is 23.0 Å². The predicted molar refractivity (Wildman–Crippen MR) is 105 cm³/mol. The molecule has 0 unspecified atom stereocenters. The summed E-state index contributed by atoms with van der Waals surface area (Å²) >= 11 is 0. The number of aromatic amines is 1. The predicted octanol–water partition coefficient (Wildman–Crippen LogP) is 3.24. The van der Waals surface area contributed by atoms with E-state index in [0.717, 1.165) is 22.5 Å². The van der Waals surface area contributed by atoms with Gasteiger partial charge in [0.05, 0.1) is 16.9 Å². The number of carbonyl (C=O) groups is 2. The van der Waals surface area contributed by atoms with E-state index in [1.165, 1.54) is 0 Å². The molecule has 26 heavy (non-hydrogen) atoms. The fraction of sp³-hybridized carbons (Fsp3) is 0.263. The van der Waals surface area contributed by atoms with Gasteiger partial charge in [-0.3, -0.25) is 4.79 Å². The first-order valence-electron chi connectivity index (χ1n) is 8.46. The smallest absolute Gasteiger partial charge is 0.319 e. The van der Waals surface area contributed by atoms with E-state index in [1.807, 2.05) is 33.8 Å². The zero-order valence-corrected chi connectivity index (χ0v) is 15.3. The van der Waals surface area contributed by atoms with Crippen molar-refractivity contribution in [1.82, 2.24) is 10.3 Å². The number of fused-ring (bicyclic) bond motifs is 1. The summed E-state index contributed by atoms with van der Waals surface area (Å²) in [6.07, 6.45) is 1.80. The van der Waals surface area contributed by atoms with Crippen LogP contribution >= 0.6 is 0 Å². The van der Waals surface area contributed by atoms with Crippen LogP contribution in [0.25, 0.3) is 11.6 Å².